The van der Waals surface area contributed by atoms with Crippen LogP contribution in [0.2, 0.25) is 0 Å². The van der Waals surface area contributed by atoms with Crippen molar-refractivity contribution in [3.05, 3.63) is 71.5 Å². The number of alkyl halides is 3. The van der Waals surface area contributed by atoms with Crippen LogP contribution in [0, 0.1) is 0 Å². The van der Waals surface area contributed by atoms with Crippen LogP contribution in [0.1, 0.15) is 50.8 Å². The number of anilines is 1. The van der Waals surface area contributed by atoms with Crippen LogP contribution in [0.5, 0.6) is 0 Å². The van der Waals surface area contributed by atoms with Gasteiger partial charge in [-0.25, -0.2) is 4.57 Å². The quantitative estimate of drug-likeness (QED) is 0.274. The van der Waals surface area contributed by atoms with Gasteiger partial charge in [0.15, 0.2) is 12.4 Å². The molecular formula is C29H37F3N3+. The summed E-state index contributed by atoms with van der Waals surface area (Å²) >= 11 is 0. The number of aromatic nitrogens is 1. The summed E-state index contributed by atoms with van der Waals surface area (Å²) in [4.78, 5) is 4.17. The fourth-order valence-electron chi connectivity index (χ4n) is 4.57. The zero-order valence-corrected chi connectivity index (χ0v) is 21.3. The molecule has 1 heterocycles. The third-order valence-corrected chi connectivity index (χ3v) is 6.62. The zero-order valence-electron chi connectivity index (χ0n) is 21.3. The molecule has 2 aromatic carbocycles. The van der Waals surface area contributed by atoms with Gasteiger partial charge in [-0.05, 0) is 54.9 Å². The topological polar surface area (TPSA) is 10.4 Å². The molecule has 0 spiro atoms. The summed E-state index contributed by atoms with van der Waals surface area (Å²) in [5.41, 5.74) is 1.47. The monoisotopic (exact) mass is 484 g/mol. The lowest BCUT2D eigenvalue weighted by atomic mass is 9.97. The van der Waals surface area contributed by atoms with E-state index < -0.39 is 11.7 Å². The molecule has 0 radical (unpaired) electrons. The van der Waals surface area contributed by atoms with Crippen molar-refractivity contribution in [2.45, 2.75) is 46.8 Å². The van der Waals surface area contributed by atoms with Gasteiger partial charge >= 0.3 is 6.18 Å². The van der Waals surface area contributed by atoms with Crippen LogP contribution in [-0.2, 0) is 12.7 Å². The largest absolute Gasteiger partial charge is 0.418 e. The van der Waals surface area contributed by atoms with E-state index in [1.807, 2.05) is 50.3 Å². The van der Waals surface area contributed by atoms with Crippen LogP contribution in [0.25, 0.3) is 22.9 Å². The molecule has 0 unspecified atom stereocenters. The first-order valence-corrected chi connectivity index (χ1v) is 12.6. The predicted molar refractivity (Wildman–Crippen MR) is 140 cm³/mol. The number of rotatable bonds is 11. The number of fused-ring (bicyclic) bond motifs is 1. The zero-order chi connectivity index (χ0) is 25.4. The van der Waals surface area contributed by atoms with Crippen LogP contribution >= 0.6 is 0 Å². The van der Waals surface area contributed by atoms with E-state index >= 15 is 0 Å². The number of aryl methyl sites for hydroxylation is 1. The Morgan fingerprint density at radius 1 is 0.800 bits per heavy atom. The standard InChI is InChI=1S/C29H37F3N3/c1-5-33(6-2)19-10-20-34-21-17-23(18-22-34)13-14-24-11-9-12-26-25(24)15-16-27(35(7-3)8-4)28(26)29(30,31)32/h9,11-18,21-22H,5-8,10,19-20H2,1-4H3/q+1/b14-13+. The Morgan fingerprint density at radius 3 is 2.09 bits per heavy atom. The maximum Gasteiger partial charge on any atom is 0.418 e. The normalized spacial score (nSPS) is 12.2. The first-order chi connectivity index (χ1) is 16.8. The molecule has 35 heavy (non-hydrogen) atoms. The number of halogens is 3. The summed E-state index contributed by atoms with van der Waals surface area (Å²) < 4.78 is 44.6. The molecule has 0 saturated carbocycles. The van der Waals surface area contributed by atoms with Gasteiger partial charge in [0.1, 0.15) is 6.54 Å². The third-order valence-electron chi connectivity index (χ3n) is 6.62. The van der Waals surface area contributed by atoms with Crippen LogP contribution in [0.3, 0.4) is 0 Å². The van der Waals surface area contributed by atoms with Crippen molar-refractivity contribution >= 4 is 28.6 Å². The molecule has 0 bridgehead atoms. The Labute approximate surface area is 207 Å². The molecular weight excluding hydrogens is 447 g/mol. The average Bonchev–Trinajstić information content (AvgIpc) is 2.85. The van der Waals surface area contributed by atoms with E-state index in [9.17, 15) is 13.2 Å². The van der Waals surface area contributed by atoms with Gasteiger partial charge < -0.3 is 9.80 Å². The SMILES string of the molecule is CCN(CC)CCC[n+]1ccc(/C=C/c2cccc3c(C(F)(F)F)c(N(CC)CC)ccc23)cc1. The van der Waals surface area contributed by atoms with Crippen LogP contribution in [-0.4, -0.2) is 37.6 Å². The number of pyridine rings is 1. The van der Waals surface area contributed by atoms with Gasteiger partial charge in [0, 0.05) is 43.9 Å². The van der Waals surface area contributed by atoms with E-state index in [0.29, 0.717) is 18.5 Å². The summed E-state index contributed by atoms with van der Waals surface area (Å²) in [7, 11) is 0. The number of hydrogen-bond donors (Lipinski definition) is 0. The first-order valence-electron chi connectivity index (χ1n) is 12.6. The molecule has 0 aliphatic heterocycles. The average molecular weight is 485 g/mol. The lowest BCUT2D eigenvalue weighted by molar-refractivity contribution is -0.697. The highest BCUT2D eigenvalue weighted by Crippen LogP contribution is 2.42. The number of benzene rings is 2. The highest BCUT2D eigenvalue weighted by molar-refractivity contribution is 5.97. The van der Waals surface area contributed by atoms with Crippen molar-refractivity contribution in [2.75, 3.05) is 37.6 Å². The van der Waals surface area contributed by atoms with Gasteiger partial charge in [-0.1, -0.05) is 50.3 Å². The van der Waals surface area contributed by atoms with Gasteiger partial charge in [0.25, 0.3) is 0 Å². The van der Waals surface area contributed by atoms with E-state index in [2.05, 4.69) is 35.7 Å². The first kappa shape index (κ1) is 26.7. The Morgan fingerprint density at radius 2 is 1.49 bits per heavy atom. The van der Waals surface area contributed by atoms with E-state index in [1.54, 1.807) is 23.1 Å². The van der Waals surface area contributed by atoms with Crippen molar-refractivity contribution < 1.29 is 17.7 Å². The Kier molecular flexibility index (Phi) is 9.33. The second kappa shape index (κ2) is 12.2. The minimum absolute atomic E-state index is 0.239. The molecule has 0 aliphatic carbocycles. The van der Waals surface area contributed by atoms with Crippen molar-refractivity contribution in [1.82, 2.24) is 4.90 Å². The van der Waals surface area contributed by atoms with Crippen molar-refractivity contribution in [1.29, 1.82) is 0 Å². The molecule has 0 atom stereocenters. The summed E-state index contributed by atoms with van der Waals surface area (Å²) in [6.07, 6.45) is 4.64. The molecule has 0 saturated heterocycles. The third kappa shape index (κ3) is 6.63. The van der Waals surface area contributed by atoms with Crippen molar-refractivity contribution in [2.24, 2.45) is 0 Å². The molecule has 0 fully saturated rings. The minimum Gasteiger partial charge on any atom is -0.372 e. The molecule has 3 nitrogen and oxygen atoms in total. The van der Waals surface area contributed by atoms with E-state index in [0.717, 1.165) is 43.7 Å². The van der Waals surface area contributed by atoms with E-state index in [4.69, 9.17) is 0 Å². The summed E-state index contributed by atoms with van der Waals surface area (Å²) in [5.74, 6) is 0. The molecule has 188 valence electrons. The van der Waals surface area contributed by atoms with Gasteiger partial charge in [-0.3, -0.25) is 0 Å². The predicted octanol–water partition coefficient (Wildman–Crippen LogP) is 6.89. The molecule has 3 rings (SSSR count). The maximum absolute atomic E-state index is 14.2. The van der Waals surface area contributed by atoms with E-state index in [1.165, 1.54) is 0 Å². The number of hydrogen-bond acceptors (Lipinski definition) is 2. The van der Waals surface area contributed by atoms with Crippen molar-refractivity contribution in [3.8, 4) is 0 Å². The lowest BCUT2D eigenvalue weighted by Gasteiger charge is -2.26. The van der Waals surface area contributed by atoms with Crippen LogP contribution < -0.4 is 9.47 Å². The summed E-state index contributed by atoms with van der Waals surface area (Å²) in [6, 6.07) is 12.7. The van der Waals surface area contributed by atoms with Gasteiger partial charge in [-0.2, -0.15) is 13.2 Å². The van der Waals surface area contributed by atoms with Crippen LogP contribution in [0.15, 0.2) is 54.9 Å². The highest BCUT2D eigenvalue weighted by atomic mass is 19.4. The highest BCUT2D eigenvalue weighted by Gasteiger charge is 2.36. The maximum atomic E-state index is 14.2. The molecule has 0 aliphatic rings. The fourth-order valence-corrected chi connectivity index (χ4v) is 4.57. The Balaban J connectivity index is 1.85. The Bertz CT molecular complexity index is 1110. The van der Waals surface area contributed by atoms with Crippen LogP contribution in [0.4, 0.5) is 18.9 Å². The molecule has 1 aromatic heterocycles. The second-order valence-corrected chi connectivity index (χ2v) is 8.66. The number of nitrogens with zero attached hydrogens (tertiary/aromatic N) is 3. The van der Waals surface area contributed by atoms with Gasteiger partial charge in [0.05, 0.1) is 5.56 Å². The molecule has 3 aromatic rings. The summed E-state index contributed by atoms with van der Waals surface area (Å²) in [6.45, 7) is 13.3. The second-order valence-electron chi connectivity index (χ2n) is 8.66. The Hall–Kier alpha value is -2.86. The van der Waals surface area contributed by atoms with Gasteiger partial charge in [-0.15, -0.1) is 0 Å². The van der Waals surface area contributed by atoms with Gasteiger partial charge in [0.2, 0.25) is 0 Å². The molecule has 0 N–H and O–H groups in total. The van der Waals surface area contributed by atoms with Crippen molar-refractivity contribution in [3.63, 3.8) is 0 Å². The molecule has 0 amide bonds. The minimum atomic E-state index is -4.43. The van der Waals surface area contributed by atoms with E-state index in [-0.39, 0.29) is 11.1 Å². The lowest BCUT2D eigenvalue weighted by Crippen LogP contribution is -2.35. The summed E-state index contributed by atoms with van der Waals surface area (Å²) in [5, 5.41) is 0.845. The smallest absolute Gasteiger partial charge is 0.372 e. The molecule has 6 heteroatoms. The fraction of sp³-hybridized carbons (Fsp3) is 0.414.